The summed E-state index contributed by atoms with van der Waals surface area (Å²) in [6.07, 6.45) is 3.23. The highest BCUT2D eigenvalue weighted by molar-refractivity contribution is 5.83. The summed E-state index contributed by atoms with van der Waals surface area (Å²) in [7, 11) is 0. The highest BCUT2D eigenvalue weighted by Gasteiger charge is 2.67. The van der Waals surface area contributed by atoms with Gasteiger partial charge < -0.3 is 24.8 Å². The minimum absolute atomic E-state index is 0.0427. The van der Waals surface area contributed by atoms with E-state index in [1.165, 1.54) is 0 Å². The van der Waals surface area contributed by atoms with Crippen LogP contribution in [0.1, 0.15) is 54.7 Å². The third-order valence-corrected chi connectivity index (χ3v) is 8.74. The number of carbonyl (C=O) groups is 3. The molecular weight excluding hydrogens is 520 g/mol. The van der Waals surface area contributed by atoms with Gasteiger partial charge in [-0.15, -0.1) is 0 Å². The molecule has 6 rings (SSSR count). The third kappa shape index (κ3) is 5.32. The molecule has 0 heterocycles. The van der Waals surface area contributed by atoms with Crippen LogP contribution < -0.4 is 10.6 Å². The third-order valence-electron chi connectivity index (χ3n) is 8.74. The fourth-order valence-corrected chi connectivity index (χ4v) is 6.23. The van der Waals surface area contributed by atoms with Gasteiger partial charge in [-0.05, 0) is 53.5 Å². The SMILES string of the molecule is O=C(CNC(=O)OCC1c2ccccc2-c2ccccc21)NCOC1(C2(C(=O)OCc3ccccc3)CCC2)CC1. The molecule has 0 aromatic heterocycles. The summed E-state index contributed by atoms with van der Waals surface area (Å²) >= 11 is 0. The van der Waals surface area contributed by atoms with Crippen LogP contribution in [0.15, 0.2) is 78.9 Å². The molecule has 3 aromatic carbocycles. The lowest BCUT2D eigenvalue weighted by Gasteiger charge is -2.45. The lowest BCUT2D eigenvalue weighted by molar-refractivity contribution is -0.184. The first-order valence-electron chi connectivity index (χ1n) is 14.2. The van der Waals surface area contributed by atoms with Gasteiger partial charge in [0.25, 0.3) is 0 Å². The van der Waals surface area contributed by atoms with Gasteiger partial charge in [-0.1, -0.05) is 85.3 Å². The lowest BCUT2D eigenvalue weighted by Crippen LogP contribution is -2.53. The van der Waals surface area contributed by atoms with Gasteiger partial charge in [-0.25, -0.2) is 4.79 Å². The zero-order valence-electron chi connectivity index (χ0n) is 22.9. The van der Waals surface area contributed by atoms with Crippen molar-refractivity contribution in [2.45, 2.75) is 50.2 Å². The van der Waals surface area contributed by atoms with E-state index < -0.39 is 23.0 Å². The molecular formula is C33H34N2O6. The molecule has 41 heavy (non-hydrogen) atoms. The summed E-state index contributed by atoms with van der Waals surface area (Å²) in [4.78, 5) is 37.9. The fraction of sp³-hybridized carbons (Fsp3) is 0.364. The number of rotatable bonds is 11. The number of esters is 1. The molecule has 212 valence electrons. The number of benzene rings is 3. The van der Waals surface area contributed by atoms with E-state index in [2.05, 4.69) is 34.9 Å². The standard InChI is InChI=1S/C33H34N2O6/c36-29(19-34-31(38)40-21-28-26-13-6-4-11-24(26)25-12-5-7-14-27(25)28)35-22-41-33(17-18-33)32(15-8-16-32)30(37)39-20-23-9-2-1-3-10-23/h1-7,9-14,28H,8,15-22H2,(H,34,38)(H,35,36). The second-order valence-electron chi connectivity index (χ2n) is 11.1. The Morgan fingerprint density at radius 1 is 0.756 bits per heavy atom. The Bertz CT molecular complexity index is 1380. The summed E-state index contributed by atoms with van der Waals surface area (Å²) in [5, 5.41) is 5.21. The number of hydrogen-bond acceptors (Lipinski definition) is 6. The van der Waals surface area contributed by atoms with Crippen LogP contribution in [0.5, 0.6) is 0 Å². The Morgan fingerprint density at radius 3 is 2.00 bits per heavy atom. The van der Waals surface area contributed by atoms with Crippen molar-refractivity contribution < 1.29 is 28.6 Å². The van der Waals surface area contributed by atoms with Crippen molar-refractivity contribution in [3.8, 4) is 11.1 Å². The van der Waals surface area contributed by atoms with Crippen LogP contribution >= 0.6 is 0 Å². The van der Waals surface area contributed by atoms with Crippen LogP contribution in [0.2, 0.25) is 0 Å². The van der Waals surface area contributed by atoms with Crippen LogP contribution in [0.3, 0.4) is 0 Å². The van der Waals surface area contributed by atoms with E-state index >= 15 is 0 Å². The molecule has 8 heteroatoms. The van der Waals surface area contributed by atoms with Crippen molar-refractivity contribution in [3.05, 3.63) is 95.6 Å². The highest BCUT2D eigenvalue weighted by Crippen LogP contribution is 2.63. The molecule has 2 N–H and O–H groups in total. The van der Waals surface area contributed by atoms with Crippen LogP contribution in [0.25, 0.3) is 11.1 Å². The summed E-state index contributed by atoms with van der Waals surface area (Å²) in [6, 6.07) is 25.8. The van der Waals surface area contributed by atoms with Crippen LogP contribution in [0, 0.1) is 5.41 Å². The first-order chi connectivity index (χ1) is 20.0. The average molecular weight is 555 g/mol. The number of hydrogen-bond donors (Lipinski definition) is 2. The van der Waals surface area contributed by atoms with Gasteiger partial charge in [0.15, 0.2) is 0 Å². The van der Waals surface area contributed by atoms with Crippen molar-refractivity contribution in [1.82, 2.24) is 10.6 Å². The summed E-state index contributed by atoms with van der Waals surface area (Å²) in [5.41, 5.74) is 4.23. The first-order valence-corrected chi connectivity index (χ1v) is 14.2. The summed E-state index contributed by atoms with van der Waals surface area (Å²) < 4.78 is 17.3. The number of nitrogens with one attached hydrogen (secondary N) is 2. The second kappa shape index (κ2) is 11.4. The van der Waals surface area contributed by atoms with Gasteiger partial charge in [0.2, 0.25) is 5.91 Å². The van der Waals surface area contributed by atoms with E-state index in [1.54, 1.807) is 0 Å². The van der Waals surface area contributed by atoms with Crippen molar-refractivity contribution in [2.75, 3.05) is 19.9 Å². The quantitative estimate of drug-likeness (QED) is 0.254. The number of carbonyl (C=O) groups excluding carboxylic acids is 3. The lowest BCUT2D eigenvalue weighted by atomic mass is 9.63. The average Bonchev–Trinajstić information content (AvgIpc) is 3.68. The first kappa shape index (κ1) is 27.0. The number of ether oxygens (including phenoxy) is 3. The Kier molecular flexibility index (Phi) is 7.49. The molecule has 0 unspecified atom stereocenters. The maximum atomic E-state index is 13.1. The molecule has 0 radical (unpaired) electrons. The molecule has 2 saturated carbocycles. The molecule has 8 nitrogen and oxygen atoms in total. The molecule has 3 aromatic rings. The summed E-state index contributed by atoms with van der Waals surface area (Å²) in [6.45, 7) is 0.127. The molecule has 2 fully saturated rings. The van der Waals surface area contributed by atoms with Gasteiger partial charge in [0, 0.05) is 5.92 Å². The Morgan fingerprint density at radius 2 is 1.39 bits per heavy atom. The predicted octanol–water partition coefficient (Wildman–Crippen LogP) is 5.06. The zero-order chi connectivity index (χ0) is 28.3. The van der Waals surface area contributed by atoms with Crippen LogP contribution in [-0.2, 0) is 30.4 Å². The fourth-order valence-electron chi connectivity index (χ4n) is 6.23. The molecule has 0 bridgehead atoms. The van der Waals surface area contributed by atoms with Gasteiger partial charge >= 0.3 is 12.1 Å². The summed E-state index contributed by atoms with van der Waals surface area (Å²) in [5.74, 6) is -0.680. The smallest absolute Gasteiger partial charge is 0.407 e. The predicted molar refractivity (Wildman–Crippen MR) is 152 cm³/mol. The van der Waals surface area contributed by atoms with Crippen molar-refractivity contribution in [1.29, 1.82) is 0 Å². The van der Waals surface area contributed by atoms with E-state index in [9.17, 15) is 14.4 Å². The Labute approximate surface area is 239 Å². The minimum Gasteiger partial charge on any atom is -0.460 e. The van der Waals surface area contributed by atoms with Crippen LogP contribution in [-0.4, -0.2) is 43.5 Å². The Hall–Kier alpha value is -4.17. The van der Waals surface area contributed by atoms with Gasteiger partial charge in [-0.2, -0.15) is 0 Å². The molecule has 0 aliphatic heterocycles. The molecule has 3 aliphatic rings. The Balaban J connectivity index is 0.943. The zero-order valence-corrected chi connectivity index (χ0v) is 22.9. The number of alkyl carbamates (subject to hydrolysis) is 1. The minimum atomic E-state index is -0.661. The van der Waals surface area contributed by atoms with Crippen molar-refractivity contribution >= 4 is 18.0 Å². The molecule has 3 aliphatic carbocycles. The monoisotopic (exact) mass is 554 g/mol. The second-order valence-corrected chi connectivity index (χ2v) is 11.1. The molecule has 0 saturated heterocycles. The number of fused-ring (bicyclic) bond motifs is 3. The van der Waals surface area contributed by atoms with E-state index in [-0.39, 0.29) is 38.4 Å². The maximum Gasteiger partial charge on any atom is 0.407 e. The molecule has 0 atom stereocenters. The van der Waals surface area contributed by atoms with E-state index in [1.807, 2.05) is 54.6 Å². The normalized spacial score (nSPS) is 17.4. The molecule has 0 spiro atoms. The van der Waals surface area contributed by atoms with E-state index in [4.69, 9.17) is 14.2 Å². The van der Waals surface area contributed by atoms with Crippen LogP contribution in [0.4, 0.5) is 4.79 Å². The largest absolute Gasteiger partial charge is 0.460 e. The van der Waals surface area contributed by atoms with E-state index in [0.29, 0.717) is 0 Å². The van der Waals surface area contributed by atoms with Gasteiger partial charge in [0.05, 0.1) is 11.0 Å². The van der Waals surface area contributed by atoms with Crippen molar-refractivity contribution in [3.63, 3.8) is 0 Å². The molecule has 2 amide bonds. The van der Waals surface area contributed by atoms with Crippen molar-refractivity contribution in [2.24, 2.45) is 5.41 Å². The van der Waals surface area contributed by atoms with Gasteiger partial charge in [-0.3, -0.25) is 9.59 Å². The van der Waals surface area contributed by atoms with Gasteiger partial charge in [0.1, 0.15) is 26.5 Å². The topological polar surface area (TPSA) is 103 Å². The number of amides is 2. The maximum absolute atomic E-state index is 13.1. The van der Waals surface area contributed by atoms with E-state index in [0.717, 1.165) is 59.9 Å². The highest BCUT2D eigenvalue weighted by atomic mass is 16.6.